The minimum atomic E-state index is -0.523. The van der Waals surface area contributed by atoms with Gasteiger partial charge in [-0.3, -0.25) is 0 Å². The van der Waals surface area contributed by atoms with E-state index in [1.807, 2.05) is 30.3 Å². The molecule has 4 atom stereocenters. The number of hydrogen-bond donors (Lipinski definition) is 3. The summed E-state index contributed by atoms with van der Waals surface area (Å²) < 4.78 is 13.3. The summed E-state index contributed by atoms with van der Waals surface area (Å²) in [6.07, 6.45) is 8.70. The fourth-order valence-corrected chi connectivity index (χ4v) is 9.43. The van der Waals surface area contributed by atoms with E-state index in [1.165, 1.54) is 19.3 Å². The van der Waals surface area contributed by atoms with E-state index in [0.29, 0.717) is 6.54 Å². The van der Waals surface area contributed by atoms with Crippen molar-refractivity contribution in [1.29, 1.82) is 0 Å². The first-order chi connectivity index (χ1) is 23.3. The van der Waals surface area contributed by atoms with E-state index in [-0.39, 0.29) is 36.3 Å². The van der Waals surface area contributed by atoms with Crippen LogP contribution in [0.25, 0.3) is 11.1 Å². The maximum Gasteiger partial charge on any atom is 0.315 e. The number of nitrogens with one attached hydrogen (secondary N) is 2. The number of ether oxygens (including phenoxy) is 2. The van der Waals surface area contributed by atoms with Crippen LogP contribution < -0.4 is 10.6 Å². The molecule has 5 fully saturated rings. The van der Waals surface area contributed by atoms with E-state index >= 15 is 0 Å². The highest BCUT2D eigenvalue weighted by atomic mass is 16.7. The van der Waals surface area contributed by atoms with Crippen LogP contribution in [0.2, 0.25) is 0 Å². The highest BCUT2D eigenvalue weighted by Crippen LogP contribution is 2.55. The third-order valence-electron chi connectivity index (χ3n) is 11.4. The molecule has 3 aromatic carbocycles. The molecule has 1 saturated heterocycles. The average molecular weight is 650 g/mol. The summed E-state index contributed by atoms with van der Waals surface area (Å²) in [5, 5.41) is 16.2. The molecule has 0 radical (unpaired) electrons. The molecular formula is C41H51N3O4. The topological polar surface area (TPSA) is 83.1 Å². The van der Waals surface area contributed by atoms with Gasteiger partial charge in [0.05, 0.1) is 18.8 Å². The van der Waals surface area contributed by atoms with Gasteiger partial charge in [0, 0.05) is 36.7 Å². The van der Waals surface area contributed by atoms with Crippen LogP contribution in [0.15, 0.2) is 85.5 Å². The third-order valence-corrected chi connectivity index (χ3v) is 11.4. The highest BCUT2D eigenvalue weighted by molar-refractivity contribution is 5.76. The van der Waals surface area contributed by atoms with Crippen molar-refractivity contribution in [2.75, 3.05) is 20.1 Å². The fraction of sp³-hybridized carbons (Fsp3) is 0.488. The number of rotatable bonds is 11. The lowest BCUT2D eigenvalue weighted by atomic mass is 9.53. The molecule has 48 heavy (non-hydrogen) atoms. The maximum absolute atomic E-state index is 13.2. The van der Waals surface area contributed by atoms with Gasteiger partial charge >= 0.3 is 6.03 Å². The Morgan fingerprint density at radius 1 is 0.938 bits per heavy atom. The molecule has 0 spiro atoms. The zero-order chi connectivity index (χ0) is 33.3. The smallest absolute Gasteiger partial charge is 0.315 e. The van der Waals surface area contributed by atoms with Crippen molar-refractivity contribution in [3.05, 3.63) is 108 Å². The van der Waals surface area contributed by atoms with Crippen LogP contribution in [0, 0.1) is 23.7 Å². The summed E-state index contributed by atoms with van der Waals surface area (Å²) in [5.74, 6) is 2.50. The Labute approximate surface area is 285 Å². The number of aliphatic hydroxyl groups is 1. The molecule has 254 valence electrons. The van der Waals surface area contributed by atoms with E-state index in [4.69, 9.17) is 9.47 Å². The van der Waals surface area contributed by atoms with E-state index in [0.717, 1.165) is 83.5 Å². The second-order valence-corrected chi connectivity index (χ2v) is 15.1. The van der Waals surface area contributed by atoms with Gasteiger partial charge < -0.3 is 30.1 Å². The Balaban J connectivity index is 1.04. The molecule has 0 unspecified atom stereocenters. The highest BCUT2D eigenvalue weighted by Gasteiger charge is 2.51. The maximum atomic E-state index is 13.2. The monoisotopic (exact) mass is 649 g/mol. The third kappa shape index (κ3) is 7.11. The predicted molar refractivity (Wildman–Crippen MR) is 189 cm³/mol. The minimum Gasteiger partial charge on any atom is -0.392 e. The minimum absolute atomic E-state index is 0.00278. The molecule has 4 aliphatic carbocycles. The van der Waals surface area contributed by atoms with Crippen molar-refractivity contribution >= 4 is 6.03 Å². The average Bonchev–Trinajstić information content (AvgIpc) is 3.08. The van der Waals surface area contributed by atoms with Crippen LogP contribution in [0.4, 0.5) is 4.79 Å². The van der Waals surface area contributed by atoms with Crippen molar-refractivity contribution < 1.29 is 19.4 Å². The quantitative estimate of drug-likeness (QED) is 0.187. The Hall–Kier alpha value is -3.49. The number of amides is 2. The van der Waals surface area contributed by atoms with Crippen molar-refractivity contribution in [3.8, 4) is 11.1 Å². The lowest BCUT2D eigenvalue weighted by Crippen LogP contribution is -2.61. The van der Waals surface area contributed by atoms with Crippen molar-refractivity contribution in [3.63, 3.8) is 0 Å². The second-order valence-electron chi connectivity index (χ2n) is 15.1. The lowest BCUT2D eigenvalue weighted by molar-refractivity contribution is -0.275. The first-order valence-corrected chi connectivity index (χ1v) is 17.9. The molecular weight excluding hydrogens is 598 g/mol. The van der Waals surface area contributed by atoms with Gasteiger partial charge in [0.1, 0.15) is 0 Å². The summed E-state index contributed by atoms with van der Waals surface area (Å²) >= 11 is 0. The van der Waals surface area contributed by atoms with Gasteiger partial charge in [-0.2, -0.15) is 0 Å². The molecule has 4 bridgehead atoms. The Morgan fingerprint density at radius 2 is 1.58 bits per heavy atom. The van der Waals surface area contributed by atoms with Crippen molar-refractivity contribution in [1.82, 2.24) is 15.5 Å². The van der Waals surface area contributed by atoms with E-state index in [1.54, 1.807) is 0 Å². The standard InChI is InChI=1S/C41H51N3O4/c1-4-17-44(3)25-37-27(2)38(33-11-9-28(26-45)10-12-33)48-39(47-37)34-15-13-32(14-16-34)36-8-6-5-7-35(36)24-42-40(46)43-41-21-29-18-30(22-41)20-31(19-29)23-41/h4-16,27,29-31,37-39,45H,1,17-26H2,2-3H3,(H2,42,43,46)/t27-,29?,30?,31?,37+,38+,39+,41?/m1/s1. The van der Waals surface area contributed by atoms with Crippen LogP contribution in [0.1, 0.15) is 80.1 Å². The predicted octanol–water partition coefficient (Wildman–Crippen LogP) is 7.52. The zero-order valence-electron chi connectivity index (χ0n) is 28.4. The lowest BCUT2D eigenvalue weighted by Gasteiger charge is -2.56. The zero-order valence-corrected chi connectivity index (χ0v) is 28.4. The summed E-state index contributed by atoms with van der Waals surface area (Å²) in [4.78, 5) is 15.4. The SMILES string of the molecule is C=CCN(C)C[C@@H]1O[C@H](c2ccc(-c3ccccc3CNC(=O)NC34CC5CC(CC(C5)C3)C4)cc2)O[C@H](c2ccc(CO)cc2)[C@@H]1C. The van der Waals surface area contributed by atoms with Crippen molar-refractivity contribution in [2.24, 2.45) is 23.7 Å². The number of carbonyl (C=O) groups excluding carboxylic acids is 1. The number of nitrogens with zero attached hydrogens (tertiary/aromatic N) is 1. The van der Waals surface area contributed by atoms with Crippen LogP contribution >= 0.6 is 0 Å². The summed E-state index contributed by atoms with van der Waals surface area (Å²) in [7, 11) is 2.08. The number of hydrogen-bond acceptors (Lipinski definition) is 5. The van der Waals surface area contributed by atoms with Crippen LogP contribution in [0.5, 0.6) is 0 Å². The molecule has 3 N–H and O–H groups in total. The Bertz CT molecular complexity index is 1540. The number of urea groups is 1. The van der Waals surface area contributed by atoms with Gasteiger partial charge in [0.15, 0.2) is 6.29 Å². The first-order valence-electron chi connectivity index (χ1n) is 17.9. The summed E-state index contributed by atoms with van der Waals surface area (Å²) in [6, 6.07) is 24.7. The molecule has 1 aliphatic heterocycles. The van der Waals surface area contributed by atoms with Crippen LogP contribution in [-0.4, -0.2) is 47.8 Å². The number of carbonyl (C=O) groups is 1. The van der Waals surface area contributed by atoms with Gasteiger partial charge in [-0.15, -0.1) is 6.58 Å². The molecule has 7 heteroatoms. The molecule has 5 aliphatic rings. The fourth-order valence-electron chi connectivity index (χ4n) is 9.43. The van der Waals surface area contributed by atoms with Crippen molar-refractivity contribution in [2.45, 2.75) is 82.6 Å². The summed E-state index contributed by atoms with van der Waals surface area (Å²) in [6.45, 7) is 8.11. The second kappa shape index (κ2) is 14.2. The van der Waals surface area contributed by atoms with Gasteiger partial charge in [-0.05, 0) is 91.1 Å². The normalized spacial score (nSPS) is 30.7. The van der Waals surface area contributed by atoms with Crippen LogP contribution in [0.3, 0.4) is 0 Å². The molecule has 7 nitrogen and oxygen atoms in total. The van der Waals surface area contributed by atoms with E-state index < -0.39 is 6.29 Å². The van der Waals surface area contributed by atoms with E-state index in [2.05, 4.69) is 84.6 Å². The van der Waals surface area contributed by atoms with Gasteiger partial charge in [-0.1, -0.05) is 85.8 Å². The molecule has 1 heterocycles. The number of likely N-dealkylation sites (N-methyl/N-ethyl adjacent to an activating group) is 1. The number of benzene rings is 3. The first kappa shape index (κ1) is 33.0. The van der Waals surface area contributed by atoms with Gasteiger partial charge in [0.2, 0.25) is 0 Å². The van der Waals surface area contributed by atoms with Crippen LogP contribution in [-0.2, 0) is 22.6 Å². The Morgan fingerprint density at radius 3 is 2.23 bits per heavy atom. The largest absolute Gasteiger partial charge is 0.392 e. The van der Waals surface area contributed by atoms with Gasteiger partial charge in [-0.25, -0.2) is 4.79 Å². The molecule has 8 rings (SSSR count). The van der Waals surface area contributed by atoms with Gasteiger partial charge in [0.25, 0.3) is 0 Å². The Kier molecular flexibility index (Phi) is 9.75. The van der Waals surface area contributed by atoms with E-state index in [9.17, 15) is 9.90 Å². The summed E-state index contributed by atoms with van der Waals surface area (Å²) in [5.41, 5.74) is 6.19. The molecule has 4 saturated carbocycles. The molecule has 2 amide bonds. The molecule has 3 aromatic rings. The number of aliphatic hydroxyl groups excluding tert-OH is 1. The molecule has 0 aromatic heterocycles.